The molecule has 0 saturated heterocycles. The molecule has 0 aliphatic carbocycles. The summed E-state index contributed by atoms with van der Waals surface area (Å²) in [4.78, 5) is 16.9. The highest BCUT2D eigenvalue weighted by Crippen LogP contribution is 2.37. The first kappa shape index (κ1) is 18.1. The van der Waals surface area contributed by atoms with Crippen molar-refractivity contribution in [1.82, 2.24) is 14.9 Å². The van der Waals surface area contributed by atoms with Gasteiger partial charge in [0.2, 0.25) is 12.7 Å². The number of carbonyl (C=O) groups is 1. The molecule has 0 unspecified atom stereocenters. The van der Waals surface area contributed by atoms with Crippen molar-refractivity contribution in [2.45, 2.75) is 18.8 Å². The molecule has 3 aromatic rings. The first-order valence-corrected chi connectivity index (χ1v) is 9.38. The zero-order chi connectivity index (χ0) is 19.3. The van der Waals surface area contributed by atoms with Gasteiger partial charge in [-0.05, 0) is 23.3 Å². The molecule has 6 heteroatoms. The molecule has 0 saturated carbocycles. The number of hydrogen-bond donors (Lipinski definition) is 1. The van der Waals surface area contributed by atoms with E-state index in [1.807, 2.05) is 54.2 Å². The molecule has 4 rings (SSSR count). The highest BCUT2D eigenvalue weighted by atomic mass is 16.7. The van der Waals surface area contributed by atoms with Crippen molar-refractivity contribution in [3.05, 3.63) is 77.9 Å². The second kappa shape index (κ2) is 8.17. The van der Waals surface area contributed by atoms with Gasteiger partial charge in [0.15, 0.2) is 11.5 Å². The topological polar surface area (TPSA) is 65.4 Å². The van der Waals surface area contributed by atoms with Crippen molar-refractivity contribution >= 4 is 5.91 Å². The minimum atomic E-state index is -0.0520. The number of rotatable bonds is 7. The van der Waals surface area contributed by atoms with Crippen molar-refractivity contribution in [2.75, 3.05) is 13.3 Å². The summed E-state index contributed by atoms with van der Waals surface area (Å²) in [5.74, 6) is 2.39. The number of benzene rings is 2. The van der Waals surface area contributed by atoms with Crippen molar-refractivity contribution in [1.29, 1.82) is 0 Å². The molecule has 6 nitrogen and oxygen atoms in total. The molecule has 0 radical (unpaired) electrons. The molecule has 0 fully saturated rings. The lowest BCUT2D eigenvalue weighted by atomic mass is 9.88. The lowest BCUT2D eigenvalue weighted by Crippen LogP contribution is -2.28. The van der Waals surface area contributed by atoms with Crippen LogP contribution in [0.2, 0.25) is 0 Å². The number of nitrogens with zero attached hydrogens (tertiary/aromatic N) is 2. The third-order valence-electron chi connectivity index (χ3n) is 4.98. The van der Waals surface area contributed by atoms with E-state index in [-0.39, 0.29) is 18.6 Å². The molecule has 1 atom stereocenters. The van der Waals surface area contributed by atoms with Crippen molar-refractivity contribution in [3.8, 4) is 11.5 Å². The maximum atomic E-state index is 12.7. The Labute approximate surface area is 164 Å². The molecule has 1 amide bonds. The molecule has 2 heterocycles. The summed E-state index contributed by atoms with van der Waals surface area (Å²) in [6, 6.07) is 16.0. The molecule has 1 aliphatic heterocycles. The fraction of sp³-hybridized carbons (Fsp3) is 0.273. The van der Waals surface area contributed by atoms with E-state index in [1.165, 1.54) is 0 Å². The van der Waals surface area contributed by atoms with Gasteiger partial charge in [-0.2, -0.15) is 0 Å². The van der Waals surface area contributed by atoms with E-state index in [4.69, 9.17) is 9.47 Å². The largest absolute Gasteiger partial charge is 0.454 e. The van der Waals surface area contributed by atoms with E-state index in [2.05, 4.69) is 22.4 Å². The van der Waals surface area contributed by atoms with E-state index in [1.54, 1.807) is 6.20 Å². The summed E-state index contributed by atoms with van der Waals surface area (Å²) < 4.78 is 12.9. The number of aromatic nitrogens is 2. The van der Waals surface area contributed by atoms with Crippen LogP contribution in [0.4, 0.5) is 0 Å². The van der Waals surface area contributed by atoms with Gasteiger partial charge in [-0.1, -0.05) is 36.4 Å². The van der Waals surface area contributed by atoms with Gasteiger partial charge in [-0.25, -0.2) is 4.98 Å². The fourth-order valence-electron chi connectivity index (χ4n) is 3.45. The standard InChI is InChI=1S/C22H23N3O3/c1-25-12-11-23-21(25)9-10-24-22(26)14-18(16-5-3-2-4-6-16)17-7-8-19-20(13-17)28-15-27-19/h2-8,11-13,18H,9-10,14-15H2,1H3,(H,24,26)/t18-/m0/s1. The van der Waals surface area contributed by atoms with E-state index in [9.17, 15) is 4.79 Å². The average Bonchev–Trinajstić information content (AvgIpc) is 3.35. The van der Waals surface area contributed by atoms with Crippen molar-refractivity contribution < 1.29 is 14.3 Å². The van der Waals surface area contributed by atoms with E-state index in [0.717, 1.165) is 28.5 Å². The van der Waals surface area contributed by atoms with Crippen LogP contribution in [-0.4, -0.2) is 28.8 Å². The monoisotopic (exact) mass is 377 g/mol. The molecular formula is C22H23N3O3. The average molecular weight is 377 g/mol. The van der Waals surface area contributed by atoms with Crippen LogP contribution in [0, 0.1) is 0 Å². The van der Waals surface area contributed by atoms with E-state index >= 15 is 0 Å². The second-order valence-corrected chi connectivity index (χ2v) is 6.83. The highest BCUT2D eigenvalue weighted by Gasteiger charge is 2.21. The Hall–Kier alpha value is -3.28. The van der Waals surface area contributed by atoms with Gasteiger partial charge in [-0.15, -0.1) is 0 Å². The van der Waals surface area contributed by atoms with Crippen LogP contribution in [0.3, 0.4) is 0 Å². The fourth-order valence-corrected chi connectivity index (χ4v) is 3.45. The smallest absolute Gasteiger partial charge is 0.231 e. The van der Waals surface area contributed by atoms with Gasteiger partial charge in [-0.3, -0.25) is 4.79 Å². The molecule has 1 aliphatic rings. The van der Waals surface area contributed by atoms with Gasteiger partial charge >= 0.3 is 0 Å². The third-order valence-corrected chi connectivity index (χ3v) is 4.98. The summed E-state index contributed by atoms with van der Waals surface area (Å²) in [6.07, 6.45) is 4.74. The first-order chi connectivity index (χ1) is 13.7. The molecule has 0 bridgehead atoms. The summed E-state index contributed by atoms with van der Waals surface area (Å²) in [5, 5.41) is 3.02. The number of nitrogens with one attached hydrogen (secondary N) is 1. The van der Waals surface area contributed by atoms with Gasteiger partial charge < -0.3 is 19.4 Å². The van der Waals surface area contributed by atoms with Gasteiger partial charge in [0.05, 0.1) is 0 Å². The predicted octanol–water partition coefficient (Wildman–Crippen LogP) is 3.03. The van der Waals surface area contributed by atoms with Gasteiger partial charge in [0.1, 0.15) is 5.82 Å². The molecule has 1 N–H and O–H groups in total. The van der Waals surface area contributed by atoms with E-state index < -0.39 is 0 Å². The second-order valence-electron chi connectivity index (χ2n) is 6.83. The molecule has 0 spiro atoms. The van der Waals surface area contributed by atoms with Crippen LogP contribution in [0.1, 0.15) is 29.3 Å². The Bertz CT molecular complexity index is 953. The Morgan fingerprint density at radius 2 is 1.96 bits per heavy atom. The van der Waals surface area contributed by atoms with Gasteiger partial charge in [0, 0.05) is 44.7 Å². The Morgan fingerprint density at radius 1 is 1.14 bits per heavy atom. The number of fused-ring (bicyclic) bond motifs is 1. The SMILES string of the molecule is Cn1ccnc1CCNC(=O)C[C@@H](c1ccccc1)c1ccc2c(c1)OCO2. The van der Waals surface area contributed by atoms with Crippen LogP contribution in [0.25, 0.3) is 0 Å². The summed E-state index contributed by atoms with van der Waals surface area (Å²) >= 11 is 0. The highest BCUT2D eigenvalue weighted by molar-refractivity contribution is 5.77. The van der Waals surface area contributed by atoms with Crippen LogP contribution < -0.4 is 14.8 Å². The predicted molar refractivity (Wildman–Crippen MR) is 105 cm³/mol. The minimum absolute atomic E-state index is 0.0146. The Kier molecular flexibility index (Phi) is 5.28. The number of aryl methyl sites for hydroxylation is 1. The molecular weight excluding hydrogens is 354 g/mol. The lowest BCUT2D eigenvalue weighted by molar-refractivity contribution is -0.121. The molecule has 28 heavy (non-hydrogen) atoms. The zero-order valence-corrected chi connectivity index (χ0v) is 15.8. The Balaban J connectivity index is 1.46. The lowest BCUT2D eigenvalue weighted by Gasteiger charge is -2.18. The van der Waals surface area contributed by atoms with Crippen LogP contribution in [-0.2, 0) is 18.3 Å². The molecule has 144 valence electrons. The number of carbonyl (C=O) groups excluding carboxylic acids is 1. The minimum Gasteiger partial charge on any atom is -0.454 e. The molecule has 1 aromatic heterocycles. The third kappa shape index (κ3) is 4.01. The Morgan fingerprint density at radius 3 is 2.75 bits per heavy atom. The number of hydrogen-bond acceptors (Lipinski definition) is 4. The summed E-state index contributed by atoms with van der Waals surface area (Å²) in [6.45, 7) is 0.800. The maximum Gasteiger partial charge on any atom is 0.231 e. The van der Waals surface area contributed by atoms with Crippen LogP contribution in [0.5, 0.6) is 11.5 Å². The van der Waals surface area contributed by atoms with Gasteiger partial charge in [0.25, 0.3) is 0 Å². The quantitative estimate of drug-likeness (QED) is 0.687. The number of imidazole rings is 1. The van der Waals surface area contributed by atoms with Crippen LogP contribution in [0.15, 0.2) is 60.9 Å². The summed E-state index contributed by atoms with van der Waals surface area (Å²) in [7, 11) is 1.95. The van der Waals surface area contributed by atoms with Crippen LogP contribution >= 0.6 is 0 Å². The number of ether oxygens (including phenoxy) is 2. The number of amides is 1. The van der Waals surface area contributed by atoms with Crippen molar-refractivity contribution in [2.24, 2.45) is 7.05 Å². The molecule has 2 aromatic carbocycles. The normalized spacial score (nSPS) is 13.3. The summed E-state index contributed by atoms with van der Waals surface area (Å²) in [5.41, 5.74) is 2.13. The van der Waals surface area contributed by atoms with Crippen molar-refractivity contribution in [3.63, 3.8) is 0 Å². The maximum absolute atomic E-state index is 12.7. The first-order valence-electron chi connectivity index (χ1n) is 9.38. The zero-order valence-electron chi connectivity index (χ0n) is 15.8. The van der Waals surface area contributed by atoms with E-state index in [0.29, 0.717) is 19.4 Å².